The second-order valence-corrected chi connectivity index (χ2v) is 4.92. The molecule has 2 N–H and O–H groups in total. The number of hydrogen-bond acceptors (Lipinski definition) is 2. The summed E-state index contributed by atoms with van der Waals surface area (Å²) in [6, 6.07) is 8.32. The summed E-state index contributed by atoms with van der Waals surface area (Å²) in [4.78, 5) is 1.15. The zero-order chi connectivity index (χ0) is 12.4. The third-order valence-electron chi connectivity index (χ3n) is 2.02. The van der Waals surface area contributed by atoms with Gasteiger partial charge in [-0.25, -0.2) is 8.78 Å². The number of halogens is 3. The van der Waals surface area contributed by atoms with Gasteiger partial charge in [-0.15, -0.1) is 0 Å². The van der Waals surface area contributed by atoms with Crippen LogP contribution in [0.1, 0.15) is 0 Å². The molecule has 0 spiro atoms. The van der Waals surface area contributed by atoms with Crippen molar-refractivity contribution in [3.05, 3.63) is 53.1 Å². The molecule has 0 unspecified atom stereocenters. The highest BCUT2D eigenvalue weighted by Gasteiger charge is 2.06. The Morgan fingerprint density at radius 1 is 1.00 bits per heavy atom. The molecule has 88 valence electrons. The molecular formula is C12H8ClF2NS. The fourth-order valence-corrected chi connectivity index (χ4v) is 2.51. The van der Waals surface area contributed by atoms with Gasteiger partial charge in [0, 0.05) is 21.5 Å². The van der Waals surface area contributed by atoms with Crippen molar-refractivity contribution >= 4 is 29.1 Å². The third-order valence-corrected chi connectivity index (χ3v) is 3.49. The van der Waals surface area contributed by atoms with E-state index >= 15 is 0 Å². The van der Waals surface area contributed by atoms with Crippen LogP contribution in [0.25, 0.3) is 0 Å². The van der Waals surface area contributed by atoms with E-state index in [1.165, 1.54) is 23.9 Å². The molecule has 0 atom stereocenters. The molecule has 0 aliphatic rings. The Hall–Kier alpha value is -1.26. The Morgan fingerprint density at radius 2 is 1.65 bits per heavy atom. The molecule has 1 nitrogen and oxygen atoms in total. The largest absolute Gasteiger partial charge is 0.399 e. The highest BCUT2D eigenvalue weighted by molar-refractivity contribution is 7.99. The van der Waals surface area contributed by atoms with Crippen LogP contribution < -0.4 is 5.73 Å². The first kappa shape index (κ1) is 12.2. The van der Waals surface area contributed by atoms with Crippen LogP contribution in [0.15, 0.2) is 46.2 Å². The number of rotatable bonds is 2. The molecule has 0 bridgehead atoms. The van der Waals surface area contributed by atoms with E-state index in [2.05, 4.69) is 0 Å². The van der Waals surface area contributed by atoms with Gasteiger partial charge >= 0.3 is 0 Å². The predicted molar refractivity (Wildman–Crippen MR) is 66.3 cm³/mol. The van der Waals surface area contributed by atoms with Crippen molar-refractivity contribution in [3.63, 3.8) is 0 Å². The monoisotopic (exact) mass is 271 g/mol. The van der Waals surface area contributed by atoms with Gasteiger partial charge in [0.05, 0.1) is 5.02 Å². The summed E-state index contributed by atoms with van der Waals surface area (Å²) < 4.78 is 26.0. The van der Waals surface area contributed by atoms with E-state index in [-0.39, 0.29) is 0 Å². The van der Waals surface area contributed by atoms with Gasteiger partial charge in [0.15, 0.2) is 0 Å². The molecule has 2 aromatic carbocycles. The molecule has 0 fully saturated rings. The lowest BCUT2D eigenvalue weighted by molar-refractivity contribution is 0.577. The average molecular weight is 272 g/mol. The minimum atomic E-state index is -0.612. The topological polar surface area (TPSA) is 26.0 Å². The molecule has 17 heavy (non-hydrogen) atoms. The highest BCUT2D eigenvalue weighted by atomic mass is 35.5. The van der Waals surface area contributed by atoms with Gasteiger partial charge in [-0.05, 0) is 30.3 Å². The fraction of sp³-hybridized carbons (Fsp3) is 0. The second kappa shape index (κ2) is 4.94. The lowest BCUT2D eigenvalue weighted by atomic mass is 10.3. The Bertz CT molecular complexity index is 540. The number of anilines is 1. The van der Waals surface area contributed by atoms with Crippen molar-refractivity contribution in [1.82, 2.24) is 0 Å². The van der Waals surface area contributed by atoms with Crippen LogP contribution in [0, 0.1) is 11.6 Å². The van der Waals surface area contributed by atoms with E-state index in [4.69, 9.17) is 17.3 Å². The lowest BCUT2D eigenvalue weighted by Gasteiger charge is -2.05. The van der Waals surface area contributed by atoms with Crippen LogP contribution in [0.2, 0.25) is 5.02 Å². The SMILES string of the molecule is Nc1ccc(Sc2cc(F)cc(F)c2)c(Cl)c1. The summed E-state index contributed by atoms with van der Waals surface area (Å²) in [6.45, 7) is 0. The summed E-state index contributed by atoms with van der Waals surface area (Å²) in [6.07, 6.45) is 0. The van der Waals surface area contributed by atoms with Crippen molar-refractivity contribution in [3.8, 4) is 0 Å². The number of nitrogen functional groups attached to an aromatic ring is 1. The first-order chi connectivity index (χ1) is 8.04. The van der Waals surface area contributed by atoms with E-state index in [0.29, 0.717) is 20.5 Å². The van der Waals surface area contributed by atoms with Crippen LogP contribution >= 0.6 is 23.4 Å². The molecule has 2 aromatic rings. The Morgan fingerprint density at radius 3 is 2.24 bits per heavy atom. The molecule has 0 aliphatic heterocycles. The average Bonchev–Trinajstić information content (AvgIpc) is 2.21. The third kappa shape index (κ3) is 3.11. The Balaban J connectivity index is 2.31. The quantitative estimate of drug-likeness (QED) is 0.822. The number of hydrogen-bond donors (Lipinski definition) is 1. The molecule has 0 heterocycles. The Kier molecular flexibility index (Phi) is 3.54. The molecule has 0 aliphatic carbocycles. The van der Waals surface area contributed by atoms with Gasteiger partial charge in [-0.2, -0.15) is 0 Å². The van der Waals surface area contributed by atoms with Gasteiger partial charge in [-0.3, -0.25) is 0 Å². The summed E-state index contributed by atoms with van der Waals surface area (Å²) >= 11 is 7.15. The first-order valence-electron chi connectivity index (χ1n) is 4.73. The van der Waals surface area contributed by atoms with Gasteiger partial charge < -0.3 is 5.73 Å². The first-order valence-corrected chi connectivity index (χ1v) is 5.93. The predicted octanol–water partition coefficient (Wildman–Crippen LogP) is 4.35. The summed E-state index contributed by atoms with van der Waals surface area (Å²) in [7, 11) is 0. The van der Waals surface area contributed by atoms with Crippen LogP contribution in [0.4, 0.5) is 14.5 Å². The molecule has 0 aromatic heterocycles. The minimum Gasteiger partial charge on any atom is -0.399 e. The van der Waals surface area contributed by atoms with Crippen LogP contribution in [0.3, 0.4) is 0 Å². The number of nitrogens with two attached hydrogens (primary N) is 1. The van der Waals surface area contributed by atoms with Gasteiger partial charge in [-0.1, -0.05) is 23.4 Å². The summed E-state index contributed by atoms with van der Waals surface area (Å²) in [5.41, 5.74) is 6.10. The van der Waals surface area contributed by atoms with Gasteiger partial charge in [0.25, 0.3) is 0 Å². The maximum Gasteiger partial charge on any atom is 0.127 e. The molecule has 0 radical (unpaired) electrons. The van der Waals surface area contributed by atoms with Crippen molar-refractivity contribution in [2.24, 2.45) is 0 Å². The van der Waals surface area contributed by atoms with Gasteiger partial charge in [0.1, 0.15) is 11.6 Å². The van der Waals surface area contributed by atoms with Crippen molar-refractivity contribution in [2.75, 3.05) is 5.73 Å². The molecule has 2 rings (SSSR count). The van der Waals surface area contributed by atoms with E-state index in [0.717, 1.165) is 6.07 Å². The molecule has 0 saturated heterocycles. The van der Waals surface area contributed by atoms with E-state index in [1.54, 1.807) is 18.2 Å². The Labute approximate surface area is 107 Å². The highest BCUT2D eigenvalue weighted by Crippen LogP contribution is 2.34. The maximum absolute atomic E-state index is 13.0. The molecule has 0 saturated carbocycles. The zero-order valence-corrected chi connectivity index (χ0v) is 10.2. The maximum atomic E-state index is 13.0. The summed E-state index contributed by atoms with van der Waals surface area (Å²) in [5.74, 6) is -1.22. The normalized spacial score (nSPS) is 10.5. The fourth-order valence-electron chi connectivity index (χ4n) is 1.31. The van der Waals surface area contributed by atoms with Crippen LogP contribution in [-0.4, -0.2) is 0 Å². The van der Waals surface area contributed by atoms with Crippen LogP contribution in [0.5, 0.6) is 0 Å². The van der Waals surface area contributed by atoms with Gasteiger partial charge in [0.2, 0.25) is 0 Å². The molecule has 0 amide bonds. The van der Waals surface area contributed by atoms with E-state index in [1.807, 2.05) is 0 Å². The van der Waals surface area contributed by atoms with E-state index < -0.39 is 11.6 Å². The molecular weight excluding hydrogens is 264 g/mol. The lowest BCUT2D eigenvalue weighted by Crippen LogP contribution is -1.85. The standard InChI is InChI=1S/C12H8ClF2NS/c13-11-6-9(16)1-2-12(11)17-10-4-7(14)3-8(15)5-10/h1-6H,16H2. The number of benzene rings is 2. The van der Waals surface area contributed by atoms with Crippen LogP contribution in [-0.2, 0) is 0 Å². The second-order valence-electron chi connectivity index (χ2n) is 3.40. The minimum absolute atomic E-state index is 0.453. The van der Waals surface area contributed by atoms with Crippen molar-refractivity contribution in [1.29, 1.82) is 0 Å². The van der Waals surface area contributed by atoms with Crippen molar-refractivity contribution < 1.29 is 8.78 Å². The summed E-state index contributed by atoms with van der Waals surface area (Å²) in [5, 5.41) is 0.458. The van der Waals surface area contributed by atoms with E-state index in [9.17, 15) is 8.78 Å². The van der Waals surface area contributed by atoms with Crippen molar-refractivity contribution in [2.45, 2.75) is 9.79 Å². The molecule has 5 heteroatoms. The smallest absolute Gasteiger partial charge is 0.127 e. The zero-order valence-electron chi connectivity index (χ0n) is 8.58.